The van der Waals surface area contributed by atoms with Crippen LogP contribution in [0.5, 0.6) is 0 Å². The van der Waals surface area contributed by atoms with Gasteiger partial charge >= 0.3 is 5.97 Å². The topological polar surface area (TPSA) is 194 Å². The van der Waals surface area contributed by atoms with Gasteiger partial charge in [0.25, 0.3) is 0 Å². The number of hydrogen-bond acceptors (Lipinski definition) is 7. The molecule has 190 valence electrons. The summed E-state index contributed by atoms with van der Waals surface area (Å²) in [6, 6.07) is -3.41. The Labute approximate surface area is 196 Å². The van der Waals surface area contributed by atoms with E-state index < -0.39 is 47.9 Å². The largest absolute Gasteiger partial charge is 0.480 e. The molecular formula is C22H42N6O5. The van der Waals surface area contributed by atoms with Crippen LogP contribution in [0, 0.1) is 5.92 Å². The maximum Gasteiger partial charge on any atom is 0.326 e. The lowest BCUT2D eigenvalue weighted by Crippen LogP contribution is -2.58. The van der Waals surface area contributed by atoms with Crippen LogP contribution in [0.25, 0.3) is 0 Å². The monoisotopic (exact) mass is 470 g/mol. The third kappa shape index (κ3) is 9.26. The van der Waals surface area contributed by atoms with Crippen LogP contribution in [0.3, 0.4) is 0 Å². The molecular weight excluding hydrogens is 428 g/mol. The molecule has 1 rings (SSSR count). The average molecular weight is 471 g/mol. The molecule has 3 amide bonds. The summed E-state index contributed by atoms with van der Waals surface area (Å²) < 4.78 is 0. The Hall–Kier alpha value is -2.24. The lowest BCUT2D eigenvalue weighted by molar-refractivity contribution is -0.150. The third-order valence-corrected chi connectivity index (χ3v) is 5.94. The van der Waals surface area contributed by atoms with Crippen molar-refractivity contribution in [3.8, 4) is 0 Å². The first-order chi connectivity index (χ1) is 15.6. The number of nitrogens with one attached hydrogen (secondary N) is 2. The standard InChI is InChI=1S/C22H42N6O5/c1-14(2)18(21(31)28-13-7-10-17(28)22(32)33)27-20(30)16(9-4-6-12-24)26-19(29)15(25)8-3-5-11-23/h14-18H,3-13,23-25H2,1-2H3,(H,26,29)(H,27,30)(H,32,33). The quantitative estimate of drug-likeness (QED) is 0.169. The summed E-state index contributed by atoms with van der Waals surface area (Å²) in [6.45, 7) is 4.87. The number of unbranched alkanes of at least 4 members (excludes halogenated alkanes) is 2. The van der Waals surface area contributed by atoms with E-state index in [0.29, 0.717) is 64.6 Å². The van der Waals surface area contributed by atoms with Crippen molar-refractivity contribution in [2.24, 2.45) is 23.1 Å². The van der Waals surface area contributed by atoms with Gasteiger partial charge in [0.2, 0.25) is 17.7 Å². The van der Waals surface area contributed by atoms with Crippen molar-refractivity contribution in [1.29, 1.82) is 0 Å². The fourth-order valence-electron chi connectivity index (χ4n) is 3.91. The lowest BCUT2D eigenvalue weighted by Gasteiger charge is -2.30. The van der Waals surface area contributed by atoms with Crippen LogP contribution in [0.4, 0.5) is 0 Å². The van der Waals surface area contributed by atoms with Crippen LogP contribution < -0.4 is 27.8 Å². The Morgan fingerprint density at radius 3 is 2.12 bits per heavy atom. The molecule has 0 bridgehead atoms. The zero-order valence-electron chi connectivity index (χ0n) is 19.9. The first-order valence-electron chi connectivity index (χ1n) is 11.9. The molecule has 1 saturated heterocycles. The van der Waals surface area contributed by atoms with Crippen LogP contribution in [-0.2, 0) is 19.2 Å². The summed E-state index contributed by atoms with van der Waals surface area (Å²) >= 11 is 0. The summed E-state index contributed by atoms with van der Waals surface area (Å²) in [5.74, 6) is -2.67. The van der Waals surface area contributed by atoms with E-state index in [9.17, 15) is 24.3 Å². The second-order valence-electron chi connectivity index (χ2n) is 8.99. The van der Waals surface area contributed by atoms with Gasteiger partial charge in [-0.25, -0.2) is 4.79 Å². The van der Waals surface area contributed by atoms with E-state index in [-0.39, 0.29) is 5.92 Å². The third-order valence-electron chi connectivity index (χ3n) is 5.94. The van der Waals surface area contributed by atoms with Crippen LogP contribution in [0.2, 0.25) is 0 Å². The van der Waals surface area contributed by atoms with E-state index in [1.165, 1.54) is 4.90 Å². The molecule has 0 aromatic carbocycles. The summed E-state index contributed by atoms with van der Waals surface area (Å²) in [5.41, 5.74) is 17.0. The second-order valence-corrected chi connectivity index (χ2v) is 8.99. The number of carboxylic acid groups (broad SMARTS) is 1. The molecule has 0 radical (unpaired) electrons. The number of nitrogens with zero attached hydrogens (tertiary/aromatic N) is 1. The molecule has 1 fully saturated rings. The molecule has 1 aliphatic heterocycles. The first kappa shape index (κ1) is 28.8. The van der Waals surface area contributed by atoms with Gasteiger partial charge in [0, 0.05) is 6.54 Å². The number of likely N-dealkylation sites (tertiary alicyclic amines) is 1. The van der Waals surface area contributed by atoms with E-state index in [4.69, 9.17) is 17.2 Å². The Morgan fingerprint density at radius 1 is 0.970 bits per heavy atom. The average Bonchev–Trinajstić information content (AvgIpc) is 3.26. The molecule has 1 heterocycles. The Kier molecular flexibility index (Phi) is 12.9. The van der Waals surface area contributed by atoms with Gasteiger partial charge in [0.1, 0.15) is 18.1 Å². The number of nitrogens with two attached hydrogens (primary N) is 3. The number of rotatable bonds is 15. The minimum atomic E-state index is -1.05. The number of aliphatic carboxylic acids is 1. The van der Waals surface area contributed by atoms with E-state index in [1.807, 2.05) is 0 Å². The van der Waals surface area contributed by atoms with Crippen LogP contribution >= 0.6 is 0 Å². The van der Waals surface area contributed by atoms with E-state index >= 15 is 0 Å². The normalized spacial score (nSPS) is 18.6. The highest BCUT2D eigenvalue weighted by Gasteiger charge is 2.39. The van der Waals surface area contributed by atoms with Gasteiger partial charge in [0.15, 0.2) is 0 Å². The van der Waals surface area contributed by atoms with Gasteiger partial charge in [0.05, 0.1) is 6.04 Å². The zero-order valence-corrected chi connectivity index (χ0v) is 19.9. The zero-order chi connectivity index (χ0) is 25.0. The summed E-state index contributed by atoms with van der Waals surface area (Å²) in [5, 5.41) is 14.9. The number of amides is 3. The van der Waals surface area contributed by atoms with E-state index in [0.717, 1.165) is 6.42 Å². The number of carbonyl (C=O) groups excluding carboxylic acids is 3. The van der Waals surface area contributed by atoms with Crippen molar-refractivity contribution in [3.63, 3.8) is 0 Å². The molecule has 11 heteroatoms. The Morgan fingerprint density at radius 2 is 1.58 bits per heavy atom. The van der Waals surface area contributed by atoms with Crippen molar-refractivity contribution in [2.75, 3.05) is 19.6 Å². The fraction of sp³-hybridized carbons (Fsp3) is 0.818. The molecule has 4 unspecified atom stereocenters. The molecule has 0 aromatic rings. The maximum absolute atomic E-state index is 13.1. The van der Waals surface area contributed by atoms with Crippen LogP contribution in [0.15, 0.2) is 0 Å². The molecule has 1 aliphatic rings. The van der Waals surface area contributed by atoms with Crippen molar-refractivity contribution in [2.45, 2.75) is 89.4 Å². The second kappa shape index (κ2) is 14.8. The maximum atomic E-state index is 13.1. The first-order valence-corrected chi connectivity index (χ1v) is 11.9. The van der Waals surface area contributed by atoms with E-state index in [1.54, 1.807) is 13.8 Å². The predicted molar refractivity (Wildman–Crippen MR) is 125 cm³/mol. The lowest BCUT2D eigenvalue weighted by atomic mass is 10.0. The molecule has 4 atom stereocenters. The number of carboxylic acids is 1. The Balaban J connectivity index is 2.89. The van der Waals surface area contributed by atoms with Gasteiger partial charge in [-0.05, 0) is 64.0 Å². The van der Waals surface area contributed by atoms with E-state index in [2.05, 4.69) is 10.6 Å². The molecule has 33 heavy (non-hydrogen) atoms. The highest BCUT2D eigenvalue weighted by atomic mass is 16.4. The number of hydrogen-bond donors (Lipinski definition) is 6. The van der Waals surface area contributed by atoms with Gasteiger partial charge in [-0.2, -0.15) is 0 Å². The minimum absolute atomic E-state index is 0.268. The van der Waals surface area contributed by atoms with Crippen LogP contribution in [-0.4, -0.2) is 77.5 Å². The molecule has 9 N–H and O–H groups in total. The van der Waals surface area contributed by atoms with Crippen molar-refractivity contribution >= 4 is 23.7 Å². The molecule has 0 saturated carbocycles. The van der Waals surface area contributed by atoms with Gasteiger partial charge in [-0.15, -0.1) is 0 Å². The van der Waals surface area contributed by atoms with Crippen LogP contribution in [0.1, 0.15) is 65.2 Å². The molecule has 0 spiro atoms. The number of carbonyl (C=O) groups is 4. The molecule has 11 nitrogen and oxygen atoms in total. The van der Waals surface area contributed by atoms with Crippen molar-refractivity contribution < 1.29 is 24.3 Å². The fourth-order valence-corrected chi connectivity index (χ4v) is 3.91. The van der Waals surface area contributed by atoms with Gasteiger partial charge in [-0.1, -0.05) is 20.3 Å². The summed E-state index contributed by atoms with van der Waals surface area (Å²) in [6.07, 6.45) is 4.56. The van der Waals surface area contributed by atoms with Crippen molar-refractivity contribution in [3.05, 3.63) is 0 Å². The minimum Gasteiger partial charge on any atom is -0.480 e. The Bertz CT molecular complexity index is 659. The molecule has 0 aliphatic carbocycles. The highest BCUT2D eigenvalue weighted by molar-refractivity contribution is 5.94. The summed E-state index contributed by atoms with van der Waals surface area (Å²) in [4.78, 5) is 51.6. The smallest absolute Gasteiger partial charge is 0.326 e. The van der Waals surface area contributed by atoms with Crippen molar-refractivity contribution in [1.82, 2.24) is 15.5 Å². The molecule has 0 aromatic heterocycles. The highest BCUT2D eigenvalue weighted by Crippen LogP contribution is 2.20. The predicted octanol–water partition coefficient (Wildman–Crippen LogP) is -0.727. The SMILES string of the molecule is CC(C)C(NC(=O)C(CCCCN)NC(=O)C(N)CCCCN)C(=O)N1CCCC1C(=O)O. The summed E-state index contributed by atoms with van der Waals surface area (Å²) in [7, 11) is 0. The van der Waals surface area contributed by atoms with Gasteiger partial charge < -0.3 is 37.8 Å². The van der Waals surface area contributed by atoms with Gasteiger partial charge in [-0.3, -0.25) is 14.4 Å².